The van der Waals surface area contributed by atoms with Gasteiger partial charge in [0.15, 0.2) is 0 Å². The predicted octanol–water partition coefficient (Wildman–Crippen LogP) is -2.26. The maximum Gasteiger partial charge on any atom is 0.0945 e. The van der Waals surface area contributed by atoms with E-state index in [9.17, 15) is 0 Å². The summed E-state index contributed by atoms with van der Waals surface area (Å²) < 4.78 is 2.11. The molecule has 2 aromatic carbocycles. The second-order valence-corrected chi connectivity index (χ2v) is 5.39. The molecule has 3 nitrogen and oxygen atoms in total. The highest BCUT2D eigenvalue weighted by molar-refractivity contribution is 5.63. The van der Waals surface area contributed by atoms with Crippen LogP contribution >= 0.6 is 0 Å². The second kappa shape index (κ2) is 10.9. The SMILES string of the molecule is [Cl-].[Cl-].c1ccc(-c2ccc(CNCCCn3ccnc3)cc2)cc1. The predicted molar refractivity (Wildman–Crippen MR) is 90.4 cm³/mol. The van der Waals surface area contributed by atoms with Crippen LogP contribution < -0.4 is 30.1 Å². The van der Waals surface area contributed by atoms with E-state index in [0.29, 0.717) is 0 Å². The van der Waals surface area contributed by atoms with Crippen molar-refractivity contribution in [2.45, 2.75) is 19.5 Å². The van der Waals surface area contributed by atoms with Crippen LogP contribution in [-0.4, -0.2) is 16.1 Å². The first-order valence-corrected chi connectivity index (χ1v) is 7.73. The topological polar surface area (TPSA) is 29.9 Å². The summed E-state index contributed by atoms with van der Waals surface area (Å²) in [6, 6.07) is 19.3. The molecule has 0 aliphatic heterocycles. The Morgan fingerprint density at radius 1 is 0.875 bits per heavy atom. The maximum atomic E-state index is 4.04. The quantitative estimate of drug-likeness (QED) is 0.481. The first kappa shape index (κ1) is 20.2. The molecule has 0 saturated carbocycles. The van der Waals surface area contributed by atoms with Crippen LogP contribution in [0.5, 0.6) is 0 Å². The number of nitrogens with zero attached hydrogens (tertiary/aromatic N) is 2. The van der Waals surface area contributed by atoms with Gasteiger partial charge in [-0.2, -0.15) is 0 Å². The Hall–Kier alpha value is -1.81. The average molecular weight is 362 g/mol. The molecular formula is C19H21Cl2N3-2. The minimum atomic E-state index is 0. The number of halogens is 2. The van der Waals surface area contributed by atoms with Gasteiger partial charge in [-0.1, -0.05) is 54.6 Å². The Morgan fingerprint density at radius 3 is 2.25 bits per heavy atom. The molecule has 3 rings (SSSR count). The van der Waals surface area contributed by atoms with Crippen LogP contribution in [0.2, 0.25) is 0 Å². The van der Waals surface area contributed by atoms with E-state index >= 15 is 0 Å². The number of aromatic nitrogens is 2. The highest BCUT2D eigenvalue weighted by Crippen LogP contribution is 2.19. The van der Waals surface area contributed by atoms with Crippen LogP contribution in [0, 0.1) is 0 Å². The summed E-state index contributed by atoms with van der Waals surface area (Å²) in [5.74, 6) is 0. The van der Waals surface area contributed by atoms with Gasteiger partial charge in [0, 0.05) is 25.5 Å². The van der Waals surface area contributed by atoms with Crippen molar-refractivity contribution >= 4 is 0 Å². The number of benzene rings is 2. The molecular weight excluding hydrogens is 341 g/mol. The molecule has 3 aromatic rings. The van der Waals surface area contributed by atoms with Crippen LogP contribution in [-0.2, 0) is 13.1 Å². The summed E-state index contributed by atoms with van der Waals surface area (Å²) in [7, 11) is 0. The Balaban J connectivity index is 0.00000144. The third-order valence-corrected chi connectivity index (χ3v) is 3.72. The molecule has 128 valence electrons. The molecule has 0 radical (unpaired) electrons. The molecule has 0 fully saturated rings. The van der Waals surface area contributed by atoms with Gasteiger partial charge < -0.3 is 34.7 Å². The summed E-state index contributed by atoms with van der Waals surface area (Å²) in [5, 5.41) is 3.49. The van der Waals surface area contributed by atoms with E-state index in [1.165, 1.54) is 16.7 Å². The fraction of sp³-hybridized carbons (Fsp3) is 0.211. The minimum Gasteiger partial charge on any atom is -1.00 e. The van der Waals surface area contributed by atoms with Crippen molar-refractivity contribution in [2.75, 3.05) is 6.54 Å². The number of nitrogens with one attached hydrogen (secondary N) is 1. The molecule has 1 heterocycles. The third kappa shape index (κ3) is 6.00. The lowest BCUT2D eigenvalue weighted by molar-refractivity contribution is -0.00100. The van der Waals surface area contributed by atoms with Gasteiger partial charge >= 0.3 is 0 Å². The zero-order chi connectivity index (χ0) is 15.0. The standard InChI is InChI=1S/C19H21N3.2ClH/c1-2-5-18(6-3-1)19-9-7-17(8-10-19)15-20-11-4-13-22-14-12-21-16-22;;/h1-3,5-10,12,14,16,20H,4,11,13,15H2;2*1H/p-2. The van der Waals surface area contributed by atoms with Crippen LogP contribution in [0.25, 0.3) is 11.1 Å². The fourth-order valence-corrected chi connectivity index (χ4v) is 2.48. The monoisotopic (exact) mass is 361 g/mol. The van der Waals surface area contributed by atoms with Gasteiger partial charge in [0.1, 0.15) is 0 Å². The lowest BCUT2D eigenvalue weighted by Gasteiger charge is -2.07. The summed E-state index contributed by atoms with van der Waals surface area (Å²) in [6.07, 6.45) is 6.80. The zero-order valence-corrected chi connectivity index (χ0v) is 14.9. The van der Waals surface area contributed by atoms with Crippen molar-refractivity contribution < 1.29 is 24.8 Å². The van der Waals surface area contributed by atoms with Crippen LogP contribution in [0.3, 0.4) is 0 Å². The number of aryl methyl sites for hydroxylation is 1. The molecule has 0 spiro atoms. The highest BCUT2D eigenvalue weighted by atomic mass is 35.5. The van der Waals surface area contributed by atoms with Crippen molar-refractivity contribution in [3.05, 3.63) is 78.9 Å². The van der Waals surface area contributed by atoms with Crippen LogP contribution in [0.15, 0.2) is 73.3 Å². The van der Waals surface area contributed by atoms with E-state index in [4.69, 9.17) is 0 Å². The lowest BCUT2D eigenvalue weighted by atomic mass is 10.0. The van der Waals surface area contributed by atoms with Crippen molar-refractivity contribution in [1.29, 1.82) is 0 Å². The molecule has 0 atom stereocenters. The fourth-order valence-electron chi connectivity index (χ4n) is 2.48. The Labute approximate surface area is 156 Å². The molecule has 0 saturated heterocycles. The minimum absolute atomic E-state index is 0. The first-order valence-electron chi connectivity index (χ1n) is 7.73. The van der Waals surface area contributed by atoms with Gasteiger partial charge in [0.25, 0.3) is 0 Å². The maximum absolute atomic E-state index is 4.04. The van der Waals surface area contributed by atoms with E-state index in [-0.39, 0.29) is 24.8 Å². The van der Waals surface area contributed by atoms with Crippen molar-refractivity contribution in [1.82, 2.24) is 14.9 Å². The number of hydrogen-bond donors (Lipinski definition) is 1. The molecule has 0 unspecified atom stereocenters. The molecule has 1 N–H and O–H groups in total. The number of hydrogen-bond acceptors (Lipinski definition) is 2. The largest absolute Gasteiger partial charge is 1.00 e. The molecule has 5 heteroatoms. The van der Waals surface area contributed by atoms with Gasteiger partial charge in [0.05, 0.1) is 6.33 Å². The van der Waals surface area contributed by atoms with Crippen LogP contribution in [0.4, 0.5) is 0 Å². The van der Waals surface area contributed by atoms with E-state index in [0.717, 1.165) is 26.1 Å². The highest BCUT2D eigenvalue weighted by Gasteiger charge is 1.97. The van der Waals surface area contributed by atoms with E-state index in [2.05, 4.69) is 63.4 Å². The molecule has 0 aliphatic carbocycles. The van der Waals surface area contributed by atoms with Gasteiger partial charge in [-0.25, -0.2) is 4.98 Å². The van der Waals surface area contributed by atoms with Crippen LogP contribution in [0.1, 0.15) is 12.0 Å². The number of rotatable bonds is 7. The molecule has 24 heavy (non-hydrogen) atoms. The molecule has 0 bridgehead atoms. The van der Waals surface area contributed by atoms with Crippen molar-refractivity contribution in [3.63, 3.8) is 0 Å². The Morgan fingerprint density at radius 2 is 1.58 bits per heavy atom. The Kier molecular flexibility index (Phi) is 9.16. The normalized spacial score (nSPS) is 9.83. The zero-order valence-electron chi connectivity index (χ0n) is 13.4. The summed E-state index contributed by atoms with van der Waals surface area (Å²) in [5.41, 5.74) is 3.86. The Bertz CT molecular complexity index is 668. The second-order valence-electron chi connectivity index (χ2n) is 5.39. The molecule has 0 amide bonds. The van der Waals surface area contributed by atoms with E-state index < -0.39 is 0 Å². The summed E-state index contributed by atoms with van der Waals surface area (Å²) >= 11 is 0. The van der Waals surface area contributed by atoms with E-state index in [1.54, 1.807) is 0 Å². The summed E-state index contributed by atoms with van der Waals surface area (Å²) in [6.45, 7) is 2.94. The molecule has 1 aromatic heterocycles. The number of imidazole rings is 1. The lowest BCUT2D eigenvalue weighted by Crippen LogP contribution is -3.00. The van der Waals surface area contributed by atoms with Crippen molar-refractivity contribution in [3.8, 4) is 11.1 Å². The van der Waals surface area contributed by atoms with Gasteiger partial charge in [0.2, 0.25) is 0 Å². The van der Waals surface area contributed by atoms with Gasteiger partial charge in [-0.3, -0.25) is 0 Å². The first-order chi connectivity index (χ1) is 10.9. The van der Waals surface area contributed by atoms with Gasteiger partial charge in [-0.15, -0.1) is 0 Å². The van der Waals surface area contributed by atoms with Crippen molar-refractivity contribution in [2.24, 2.45) is 0 Å². The summed E-state index contributed by atoms with van der Waals surface area (Å²) in [4.78, 5) is 4.04. The smallest absolute Gasteiger partial charge is 0.0945 e. The third-order valence-electron chi connectivity index (χ3n) is 3.72. The average Bonchev–Trinajstić information content (AvgIpc) is 3.09. The molecule has 0 aliphatic rings. The van der Waals surface area contributed by atoms with Gasteiger partial charge in [-0.05, 0) is 29.7 Å². The van der Waals surface area contributed by atoms with E-state index in [1.807, 2.05) is 24.8 Å².